The minimum Gasteiger partial charge on any atom is -0.273 e. The molecule has 16 heavy (non-hydrogen) atoms. The fourth-order valence-corrected chi connectivity index (χ4v) is 2.07. The van der Waals surface area contributed by atoms with Gasteiger partial charge in [0.15, 0.2) is 5.16 Å². The molecular weight excluding hydrogens is 222 g/mol. The van der Waals surface area contributed by atoms with E-state index < -0.39 is 0 Å². The molecule has 0 spiro atoms. The number of fused-ring (bicyclic) bond motifs is 1. The molecule has 0 saturated carbocycles. The Hall–Kier alpha value is -1.80. The lowest BCUT2D eigenvalue weighted by Gasteiger charge is -2.07. The minimum absolute atomic E-state index is 0.0346. The maximum absolute atomic E-state index is 12.1. The van der Waals surface area contributed by atoms with Gasteiger partial charge in [-0.05, 0) is 18.4 Å². The van der Waals surface area contributed by atoms with E-state index >= 15 is 0 Å². The lowest BCUT2D eigenvalue weighted by Crippen LogP contribution is -2.22. The molecule has 1 aromatic carbocycles. The maximum Gasteiger partial charge on any atom is 0.262 e. The molecule has 4 nitrogen and oxygen atoms in total. The van der Waals surface area contributed by atoms with E-state index in [1.807, 2.05) is 18.4 Å². The van der Waals surface area contributed by atoms with E-state index in [1.165, 1.54) is 16.3 Å². The van der Waals surface area contributed by atoms with Crippen molar-refractivity contribution in [3.63, 3.8) is 0 Å². The number of thioether (sulfide) groups is 1. The van der Waals surface area contributed by atoms with Gasteiger partial charge in [-0.15, -0.1) is 0 Å². The summed E-state index contributed by atoms with van der Waals surface area (Å²) in [5.41, 5.74) is 0.516. The van der Waals surface area contributed by atoms with Crippen LogP contribution in [0.4, 0.5) is 0 Å². The smallest absolute Gasteiger partial charge is 0.262 e. The molecule has 5 heteroatoms. The van der Waals surface area contributed by atoms with E-state index in [1.54, 1.807) is 18.2 Å². The first kappa shape index (κ1) is 10.7. The molecular formula is C11H9N3OS. The van der Waals surface area contributed by atoms with Crippen molar-refractivity contribution < 1.29 is 0 Å². The summed E-state index contributed by atoms with van der Waals surface area (Å²) in [5.74, 6) is 0. The van der Waals surface area contributed by atoms with Gasteiger partial charge in [-0.2, -0.15) is 5.26 Å². The van der Waals surface area contributed by atoms with Gasteiger partial charge in [-0.1, -0.05) is 23.9 Å². The number of rotatable bonds is 2. The number of nitrogens with zero attached hydrogens (tertiary/aromatic N) is 3. The topological polar surface area (TPSA) is 58.7 Å². The Balaban J connectivity index is 2.83. The van der Waals surface area contributed by atoms with E-state index in [4.69, 9.17) is 5.26 Å². The highest BCUT2D eigenvalue weighted by Gasteiger charge is 2.08. The molecule has 0 unspecified atom stereocenters. The van der Waals surface area contributed by atoms with Gasteiger partial charge >= 0.3 is 0 Å². The van der Waals surface area contributed by atoms with Gasteiger partial charge in [0, 0.05) is 0 Å². The molecule has 0 atom stereocenters. The first-order chi connectivity index (χ1) is 7.77. The molecule has 1 aromatic heterocycles. The number of aromatic nitrogens is 2. The zero-order chi connectivity index (χ0) is 11.5. The molecule has 80 valence electrons. The fraction of sp³-hybridized carbons (Fsp3) is 0.182. The van der Waals surface area contributed by atoms with E-state index in [0.29, 0.717) is 16.1 Å². The average molecular weight is 231 g/mol. The molecule has 0 radical (unpaired) electrons. The van der Waals surface area contributed by atoms with Crippen molar-refractivity contribution in [3.8, 4) is 6.07 Å². The second-order valence-corrected chi connectivity index (χ2v) is 3.94. The first-order valence-corrected chi connectivity index (χ1v) is 5.91. The third-order valence-corrected chi connectivity index (χ3v) is 2.91. The molecule has 0 aliphatic rings. The van der Waals surface area contributed by atoms with Crippen LogP contribution < -0.4 is 5.56 Å². The zero-order valence-electron chi connectivity index (χ0n) is 8.67. The van der Waals surface area contributed by atoms with Gasteiger partial charge in [0.1, 0.15) is 6.54 Å². The van der Waals surface area contributed by atoms with E-state index in [-0.39, 0.29) is 12.1 Å². The lowest BCUT2D eigenvalue weighted by molar-refractivity contribution is 0.678. The standard InChI is InChI=1S/C11H9N3OS/c1-16-11-13-9-5-3-2-4-8(9)10(15)14(11)7-6-12/h2-5H,7H2,1H3. The maximum atomic E-state index is 12.1. The van der Waals surface area contributed by atoms with Gasteiger partial charge in [0.25, 0.3) is 5.56 Å². The number of benzene rings is 1. The number of nitriles is 1. The Morgan fingerprint density at radius 3 is 2.94 bits per heavy atom. The van der Waals surface area contributed by atoms with Crippen molar-refractivity contribution in [2.45, 2.75) is 11.7 Å². The highest BCUT2D eigenvalue weighted by Crippen LogP contribution is 2.14. The van der Waals surface area contributed by atoms with Crippen LogP contribution in [-0.2, 0) is 6.54 Å². The normalized spacial score (nSPS) is 10.2. The average Bonchev–Trinajstić information content (AvgIpc) is 2.33. The molecule has 2 rings (SSSR count). The molecule has 0 aliphatic carbocycles. The van der Waals surface area contributed by atoms with E-state index in [0.717, 1.165) is 0 Å². The summed E-state index contributed by atoms with van der Waals surface area (Å²) >= 11 is 1.37. The second-order valence-electron chi connectivity index (χ2n) is 3.17. The van der Waals surface area contributed by atoms with Gasteiger partial charge in [0.05, 0.1) is 17.0 Å². The van der Waals surface area contributed by atoms with E-state index in [2.05, 4.69) is 4.98 Å². The molecule has 0 aliphatic heterocycles. The quantitative estimate of drug-likeness (QED) is 0.582. The Morgan fingerprint density at radius 2 is 2.25 bits per heavy atom. The van der Waals surface area contributed by atoms with Crippen LogP contribution in [0.5, 0.6) is 0 Å². The molecule has 0 amide bonds. The highest BCUT2D eigenvalue weighted by molar-refractivity contribution is 7.98. The fourth-order valence-electron chi connectivity index (χ4n) is 1.51. The minimum atomic E-state index is -0.156. The summed E-state index contributed by atoms with van der Waals surface area (Å²) in [5, 5.41) is 9.82. The summed E-state index contributed by atoms with van der Waals surface area (Å²) < 4.78 is 1.40. The van der Waals surface area contributed by atoms with Crippen LogP contribution in [0, 0.1) is 11.3 Å². The van der Waals surface area contributed by atoms with Crippen LogP contribution in [0.1, 0.15) is 0 Å². The molecule has 2 aromatic rings. The van der Waals surface area contributed by atoms with E-state index in [9.17, 15) is 4.79 Å². The van der Waals surface area contributed by atoms with Gasteiger partial charge in [0.2, 0.25) is 0 Å². The van der Waals surface area contributed by atoms with Crippen molar-refractivity contribution in [1.29, 1.82) is 5.26 Å². The number of para-hydroxylation sites is 1. The van der Waals surface area contributed by atoms with Crippen LogP contribution >= 0.6 is 11.8 Å². The van der Waals surface area contributed by atoms with Crippen molar-refractivity contribution in [2.24, 2.45) is 0 Å². The summed E-state index contributed by atoms with van der Waals surface area (Å²) in [6.07, 6.45) is 1.84. The monoisotopic (exact) mass is 231 g/mol. The lowest BCUT2D eigenvalue weighted by atomic mass is 10.2. The number of hydrogen-bond donors (Lipinski definition) is 0. The first-order valence-electron chi connectivity index (χ1n) is 4.68. The van der Waals surface area contributed by atoms with Crippen molar-refractivity contribution in [2.75, 3.05) is 6.26 Å². The van der Waals surface area contributed by atoms with Gasteiger partial charge in [-0.3, -0.25) is 9.36 Å². The SMILES string of the molecule is CSc1nc2ccccc2c(=O)n1CC#N. The van der Waals surface area contributed by atoms with Crippen molar-refractivity contribution >= 4 is 22.7 Å². The van der Waals surface area contributed by atoms with Crippen LogP contribution in [-0.4, -0.2) is 15.8 Å². The molecule has 0 saturated heterocycles. The predicted molar refractivity (Wildman–Crippen MR) is 63.4 cm³/mol. The third kappa shape index (κ3) is 1.68. The Kier molecular flexibility index (Phi) is 2.93. The van der Waals surface area contributed by atoms with Crippen LogP contribution in [0.2, 0.25) is 0 Å². The highest BCUT2D eigenvalue weighted by atomic mass is 32.2. The summed E-state index contributed by atoms with van der Waals surface area (Å²) in [6, 6.07) is 9.13. The number of hydrogen-bond acceptors (Lipinski definition) is 4. The zero-order valence-corrected chi connectivity index (χ0v) is 9.49. The predicted octanol–water partition coefficient (Wildman–Crippen LogP) is 1.64. The third-order valence-electron chi connectivity index (χ3n) is 2.24. The Morgan fingerprint density at radius 1 is 1.50 bits per heavy atom. The Labute approximate surface area is 96.5 Å². The molecule has 1 heterocycles. The van der Waals surface area contributed by atoms with Crippen molar-refractivity contribution in [3.05, 3.63) is 34.6 Å². The van der Waals surface area contributed by atoms with Crippen LogP contribution in [0.15, 0.2) is 34.2 Å². The molecule has 0 bridgehead atoms. The van der Waals surface area contributed by atoms with Gasteiger partial charge < -0.3 is 0 Å². The molecule has 0 fully saturated rings. The Bertz CT molecular complexity index is 627. The second kappa shape index (κ2) is 4.37. The summed E-state index contributed by atoms with van der Waals surface area (Å²) in [7, 11) is 0. The van der Waals surface area contributed by atoms with Gasteiger partial charge in [-0.25, -0.2) is 4.98 Å². The summed E-state index contributed by atoms with van der Waals surface area (Å²) in [4.78, 5) is 16.4. The van der Waals surface area contributed by atoms with Crippen molar-refractivity contribution in [1.82, 2.24) is 9.55 Å². The van der Waals surface area contributed by atoms with Crippen LogP contribution in [0.3, 0.4) is 0 Å². The largest absolute Gasteiger partial charge is 0.273 e. The summed E-state index contributed by atoms with van der Waals surface area (Å²) in [6.45, 7) is 0.0346. The molecule has 0 N–H and O–H groups in total. The van der Waals surface area contributed by atoms with Crippen LogP contribution in [0.25, 0.3) is 10.9 Å².